The molecule has 0 radical (unpaired) electrons. The molecule has 1 N–H and O–H groups in total. The van der Waals surface area contributed by atoms with Crippen LogP contribution in [0.2, 0.25) is 0 Å². The Balaban J connectivity index is 2.29. The van der Waals surface area contributed by atoms with Crippen LogP contribution in [0.25, 0.3) is 0 Å². The third kappa shape index (κ3) is 3.46. The number of nitrogens with one attached hydrogen (secondary N) is 1. The molecule has 21 heavy (non-hydrogen) atoms. The van der Waals surface area contributed by atoms with Crippen molar-refractivity contribution in [1.29, 1.82) is 0 Å². The van der Waals surface area contributed by atoms with Crippen LogP contribution in [0, 0.1) is 12.8 Å². The highest BCUT2D eigenvalue weighted by Crippen LogP contribution is 2.34. The number of thioether (sulfide) groups is 1. The van der Waals surface area contributed by atoms with Crippen molar-refractivity contribution in [2.45, 2.75) is 52.4 Å². The monoisotopic (exact) mass is 326 g/mol. The number of nitrogens with zero attached hydrogens (tertiary/aromatic N) is 1. The first-order chi connectivity index (χ1) is 9.99. The molecule has 0 spiro atoms. The fourth-order valence-electron chi connectivity index (χ4n) is 2.87. The highest BCUT2D eigenvalue weighted by molar-refractivity contribution is 7.98. The zero-order valence-corrected chi connectivity index (χ0v) is 15.2. The lowest BCUT2D eigenvalue weighted by atomic mass is 9.99. The van der Waals surface area contributed by atoms with E-state index < -0.39 is 0 Å². The number of carbonyl (C=O) groups excluding carboxylic acids is 1. The number of hydrogen-bond acceptors (Lipinski definition) is 4. The van der Waals surface area contributed by atoms with Crippen molar-refractivity contribution in [2.75, 3.05) is 12.0 Å². The lowest BCUT2D eigenvalue weighted by Gasteiger charge is -2.29. The molecule has 5 heteroatoms. The fraction of sp³-hybridized carbons (Fsp3) is 0.688. The third-order valence-corrected chi connectivity index (χ3v) is 6.13. The van der Waals surface area contributed by atoms with Gasteiger partial charge in [-0.25, -0.2) is 0 Å². The van der Waals surface area contributed by atoms with Crippen LogP contribution in [-0.4, -0.2) is 34.9 Å². The molecular formula is C16H26N2OS2. The summed E-state index contributed by atoms with van der Waals surface area (Å²) in [5.41, 5.74) is 0. The summed E-state index contributed by atoms with van der Waals surface area (Å²) in [6.07, 6.45) is 3.16. The molecule has 118 valence electrons. The van der Waals surface area contributed by atoms with Crippen LogP contribution in [0.5, 0.6) is 0 Å². The van der Waals surface area contributed by atoms with Gasteiger partial charge < -0.3 is 4.90 Å². The van der Waals surface area contributed by atoms with Crippen LogP contribution in [-0.2, 0) is 4.79 Å². The summed E-state index contributed by atoms with van der Waals surface area (Å²) in [7, 11) is 0. The average molecular weight is 327 g/mol. The summed E-state index contributed by atoms with van der Waals surface area (Å²) in [4.78, 5) is 17.5. The van der Waals surface area contributed by atoms with Gasteiger partial charge in [-0.05, 0) is 38.2 Å². The summed E-state index contributed by atoms with van der Waals surface area (Å²) in [6.45, 7) is 8.59. The number of rotatable bonds is 6. The smallest absolute Gasteiger partial charge is 0.241 e. The molecule has 2 rings (SSSR count). The van der Waals surface area contributed by atoms with Crippen LogP contribution in [0.4, 0.5) is 0 Å². The summed E-state index contributed by atoms with van der Waals surface area (Å²) in [5, 5.41) is 3.59. The van der Waals surface area contributed by atoms with Gasteiger partial charge in [-0.15, -0.1) is 11.3 Å². The van der Waals surface area contributed by atoms with Crippen molar-refractivity contribution in [3.63, 3.8) is 0 Å². The number of aryl methyl sites for hydroxylation is 1. The van der Waals surface area contributed by atoms with E-state index in [0.717, 1.165) is 12.2 Å². The average Bonchev–Trinajstić information content (AvgIpc) is 3.02. The van der Waals surface area contributed by atoms with Gasteiger partial charge in [0.15, 0.2) is 0 Å². The SMILES string of the molecule is CCC(C)C1NC(c2ccc(C)s2)N(C(C)CSC)C1=O. The maximum absolute atomic E-state index is 12.9. The summed E-state index contributed by atoms with van der Waals surface area (Å²) in [5.74, 6) is 1.61. The van der Waals surface area contributed by atoms with Gasteiger partial charge in [0.1, 0.15) is 6.17 Å². The van der Waals surface area contributed by atoms with E-state index in [1.165, 1.54) is 9.75 Å². The molecular weight excluding hydrogens is 300 g/mol. The number of hydrogen-bond donors (Lipinski definition) is 1. The lowest BCUT2D eigenvalue weighted by Crippen LogP contribution is -2.40. The Morgan fingerprint density at radius 1 is 1.43 bits per heavy atom. The Kier molecular flexibility index (Phi) is 5.74. The lowest BCUT2D eigenvalue weighted by molar-refractivity contribution is -0.132. The summed E-state index contributed by atoms with van der Waals surface area (Å²) < 4.78 is 0. The second-order valence-electron chi connectivity index (χ2n) is 5.93. The fourth-order valence-corrected chi connectivity index (χ4v) is 4.45. The zero-order chi connectivity index (χ0) is 15.6. The van der Waals surface area contributed by atoms with Crippen LogP contribution >= 0.6 is 23.1 Å². The maximum Gasteiger partial charge on any atom is 0.241 e. The van der Waals surface area contributed by atoms with E-state index >= 15 is 0 Å². The Morgan fingerprint density at radius 2 is 2.14 bits per heavy atom. The van der Waals surface area contributed by atoms with E-state index in [0.29, 0.717) is 5.92 Å². The first kappa shape index (κ1) is 16.8. The molecule has 0 bridgehead atoms. The van der Waals surface area contributed by atoms with E-state index in [9.17, 15) is 4.79 Å². The predicted octanol–water partition coefficient (Wildman–Crippen LogP) is 3.65. The number of amides is 1. The third-order valence-electron chi connectivity index (χ3n) is 4.26. The molecule has 4 unspecified atom stereocenters. The summed E-state index contributed by atoms with van der Waals surface area (Å²) >= 11 is 3.58. The molecule has 0 aromatic carbocycles. The van der Waals surface area contributed by atoms with Crippen molar-refractivity contribution in [1.82, 2.24) is 10.2 Å². The van der Waals surface area contributed by atoms with Gasteiger partial charge in [0, 0.05) is 21.5 Å². The minimum Gasteiger partial charge on any atom is -0.317 e. The van der Waals surface area contributed by atoms with Gasteiger partial charge in [0.25, 0.3) is 0 Å². The van der Waals surface area contributed by atoms with Crippen LogP contribution in [0.3, 0.4) is 0 Å². The van der Waals surface area contributed by atoms with Crippen molar-refractivity contribution in [3.8, 4) is 0 Å². The van der Waals surface area contributed by atoms with Crippen molar-refractivity contribution in [3.05, 3.63) is 21.9 Å². The minimum atomic E-state index is -0.0493. The predicted molar refractivity (Wildman–Crippen MR) is 92.9 cm³/mol. The normalized spacial score (nSPS) is 25.4. The van der Waals surface area contributed by atoms with Crippen molar-refractivity contribution in [2.24, 2.45) is 5.92 Å². The summed E-state index contributed by atoms with van der Waals surface area (Å²) in [6, 6.07) is 4.50. The molecule has 3 nitrogen and oxygen atoms in total. The van der Waals surface area contributed by atoms with Crippen LogP contribution in [0.15, 0.2) is 12.1 Å². The second-order valence-corrected chi connectivity index (χ2v) is 8.16. The number of carbonyl (C=O) groups is 1. The van der Waals surface area contributed by atoms with Gasteiger partial charge in [-0.1, -0.05) is 20.3 Å². The molecule has 2 heterocycles. The van der Waals surface area contributed by atoms with E-state index in [1.807, 2.05) is 0 Å². The van der Waals surface area contributed by atoms with Crippen LogP contribution in [0.1, 0.15) is 43.1 Å². The van der Waals surface area contributed by atoms with E-state index in [2.05, 4.69) is 56.3 Å². The van der Waals surface area contributed by atoms with Gasteiger partial charge in [-0.3, -0.25) is 10.1 Å². The zero-order valence-electron chi connectivity index (χ0n) is 13.6. The Hall–Kier alpha value is -0.520. The van der Waals surface area contributed by atoms with Crippen LogP contribution < -0.4 is 5.32 Å². The van der Waals surface area contributed by atoms with E-state index in [4.69, 9.17) is 0 Å². The second kappa shape index (κ2) is 7.16. The minimum absolute atomic E-state index is 0.0392. The van der Waals surface area contributed by atoms with Crippen molar-refractivity contribution >= 4 is 29.0 Å². The topological polar surface area (TPSA) is 32.3 Å². The quantitative estimate of drug-likeness (QED) is 0.866. The Labute approximate surface area is 136 Å². The maximum atomic E-state index is 12.9. The van der Waals surface area contributed by atoms with E-state index in [1.54, 1.807) is 23.1 Å². The Morgan fingerprint density at radius 3 is 2.67 bits per heavy atom. The van der Waals surface area contributed by atoms with E-state index in [-0.39, 0.29) is 24.2 Å². The Bertz CT molecular complexity index is 488. The molecule has 1 aromatic heterocycles. The highest BCUT2D eigenvalue weighted by Gasteiger charge is 2.44. The molecule has 0 saturated carbocycles. The van der Waals surface area contributed by atoms with Gasteiger partial charge in [-0.2, -0.15) is 11.8 Å². The first-order valence-corrected chi connectivity index (χ1v) is 9.84. The molecule has 1 fully saturated rings. The molecule has 1 saturated heterocycles. The molecule has 1 aliphatic rings. The number of thiophene rings is 1. The largest absolute Gasteiger partial charge is 0.317 e. The molecule has 1 amide bonds. The standard InChI is InChI=1S/C16H26N2OS2/c1-6-10(2)14-16(19)18(11(3)9-20-5)15(17-14)13-8-7-12(4)21-13/h7-8,10-11,14-15,17H,6,9H2,1-5H3. The first-order valence-electron chi connectivity index (χ1n) is 7.63. The highest BCUT2D eigenvalue weighted by atomic mass is 32.2. The molecule has 1 aromatic rings. The molecule has 4 atom stereocenters. The van der Waals surface area contributed by atoms with Gasteiger partial charge in [0.2, 0.25) is 5.91 Å². The molecule has 1 aliphatic heterocycles. The van der Waals surface area contributed by atoms with Crippen molar-refractivity contribution < 1.29 is 4.79 Å². The van der Waals surface area contributed by atoms with Gasteiger partial charge >= 0.3 is 0 Å². The molecule has 0 aliphatic carbocycles. The van der Waals surface area contributed by atoms with Gasteiger partial charge in [0.05, 0.1) is 6.04 Å².